The second-order valence-electron chi connectivity index (χ2n) is 4.15. The molecule has 1 N–H and O–H groups in total. The molecule has 1 aromatic rings. The van der Waals surface area contributed by atoms with Crippen LogP contribution in [0.4, 0.5) is 5.69 Å². The third-order valence-corrected chi connectivity index (χ3v) is 2.94. The molecule has 1 aliphatic rings. The Kier molecular flexibility index (Phi) is 3.40. The Labute approximate surface area is 96.4 Å². The summed E-state index contributed by atoms with van der Waals surface area (Å²) >= 11 is 0. The number of rotatable bonds is 4. The maximum Gasteiger partial charge on any atom is 0.163 e. The van der Waals surface area contributed by atoms with Crippen LogP contribution in [0.15, 0.2) is 30.9 Å². The van der Waals surface area contributed by atoms with E-state index in [0.29, 0.717) is 6.42 Å². The largest absolute Gasteiger partial charge is 0.385 e. The summed E-state index contributed by atoms with van der Waals surface area (Å²) in [6.45, 7) is 4.67. The number of carbonyl (C=O) groups is 1. The lowest BCUT2D eigenvalue weighted by molar-refractivity contribution is 0.0983. The van der Waals surface area contributed by atoms with Crippen molar-refractivity contribution in [3.63, 3.8) is 0 Å². The van der Waals surface area contributed by atoms with Crippen LogP contribution in [0.1, 0.15) is 35.2 Å². The van der Waals surface area contributed by atoms with Gasteiger partial charge in [-0.25, -0.2) is 0 Å². The highest BCUT2D eigenvalue weighted by Gasteiger charge is 2.11. The molecule has 0 radical (unpaired) electrons. The fourth-order valence-electron chi connectivity index (χ4n) is 2.03. The first kappa shape index (κ1) is 10.9. The van der Waals surface area contributed by atoms with Crippen LogP contribution in [0, 0.1) is 0 Å². The van der Waals surface area contributed by atoms with Gasteiger partial charge in [-0.15, -0.1) is 6.58 Å². The van der Waals surface area contributed by atoms with Gasteiger partial charge in [-0.3, -0.25) is 4.79 Å². The fourth-order valence-corrected chi connectivity index (χ4v) is 2.03. The Bertz CT molecular complexity index is 409. The van der Waals surface area contributed by atoms with Crippen LogP contribution in [-0.4, -0.2) is 12.3 Å². The lowest BCUT2D eigenvalue weighted by Crippen LogP contribution is -2.12. The monoisotopic (exact) mass is 215 g/mol. The summed E-state index contributed by atoms with van der Waals surface area (Å²) in [5.41, 5.74) is 3.30. The molecule has 0 aliphatic carbocycles. The molecule has 2 nitrogen and oxygen atoms in total. The molecule has 1 aliphatic heterocycles. The minimum absolute atomic E-state index is 0.216. The minimum Gasteiger partial charge on any atom is -0.385 e. The van der Waals surface area contributed by atoms with Gasteiger partial charge in [0.15, 0.2) is 5.78 Å². The molecule has 2 heteroatoms. The molecule has 0 unspecified atom stereocenters. The standard InChI is InChI=1S/C14H17NO/c1-2-3-6-14(16)12-7-8-13-11(10-12)5-4-9-15-13/h2,7-8,10,15H,1,3-6,9H2. The number of carbonyl (C=O) groups excluding carboxylic acids is 1. The molecule has 1 heterocycles. The molecule has 0 aromatic heterocycles. The quantitative estimate of drug-likeness (QED) is 0.617. The minimum atomic E-state index is 0.216. The van der Waals surface area contributed by atoms with Gasteiger partial charge >= 0.3 is 0 Å². The topological polar surface area (TPSA) is 29.1 Å². The van der Waals surface area contributed by atoms with Crippen molar-refractivity contribution in [2.45, 2.75) is 25.7 Å². The van der Waals surface area contributed by atoms with E-state index in [1.807, 2.05) is 18.2 Å². The van der Waals surface area contributed by atoms with Gasteiger partial charge in [-0.2, -0.15) is 0 Å². The van der Waals surface area contributed by atoms with Crippen LogP contribution < -0.4 is 5.32 Å². The third kappa shape index (κ3) is 2.32. The molecule has 0 saturated carbocycles. The second-order valence-corrected chi connectivity index (χ2v) is 4.15. The van der Waals surface area contributed by atoms with Gasteiger partial charge in [0.1, 0.15) is 0 Å². The summed E-state index contributed by atoms with van der Waals surface area (Å²) in [7, 11) is 0. The van der Waals surface area contributed by atoms with Crippen LogP contribution in [0.5, 0.6) is 0 Å². The number of nitrogens with one attached hydrogen (secondary N) is 1. The molecular formula is C14H17NO. The first-order valence-corrected chi connectivity index (χ1v) is 5.82. The predicted octanol–water partition coefficient (Wildman–Crippen LogP) is 3.19. The molecule has 0 bridgehead atoms. The third-order valence-electron chi connectivity index (χ3n) is 2.94. The van der Waals surface area contributed by atoms with E-state index >= 15 is 0 Å². The van der Waals surface area contributed by atoms with Crippen LogP contribution in [0.3, 0.4) is 0 Å². The lowest BCUT2D eigenvalue weighted by Gasteiger charge is -2.18. The summed E-state index contributed by atoms with van der Waals surface area (Å²) in [5, 5.41) is 3.34. The number of anilines is 1. The van der Waals surface area contributed by atoms with Crippen LogP contribution in [0.25, 0.3) is 0 Å². The highest BCUT2D eigenvalue weighted by atomic mass is 16.1. The molecule has 2 rings (SSSR count). The number of hydrogen-bond acceptors (Lipinski definition) is 2. The summed E-state index contributed by atoms with van der Waals surface area (Å²) in [6, 6.07) is 5.98. The summed E-state index contributed by atoms with van der Waals surface area (Å²) in [6.07, 6.45) is 5.34. The smallest absolute Gasteiger partial charge is 0.163 e. The number of benzene rings is 1. The number of Topliss-reactive ketones (excluding diaryl/α,β-unsaturated/α-hetero) is 1. The number of fused-ring (bicyclic) bond motifs is 1. The highest BCUT2D eigenvalue weighted by molar-refractivity contribution is 5.96. The Morgan fingerprint density at radius 3 is 3.19 bits per heavy atom. The number of aryl methyl sites for hydroxylation is 1. The zero-order valence-corrected chi connectivity index (χ0v) is 9.46. The van der Waals surface area contributed by atoms with Crippen molar-refractivity contribution in [3.05, 3.63) is 42.0 Å². The van der Waals surface area contributed by atoms with E-state index in [2.05, 4.69) is 11.9 Å². The van der Waals surface area contributed by atoms with Gasteiger partial charge in [0.2, 0.25) is 0 Å². The van der Waals surface area contributed by atoms with E-state index in [1.165, 1.54) is 11.3 Å². The Morgan fingerprint density at radius 1 is 1.50 bits per heavy atom. The molecule has 84 valence electrons. The zero-order valence-electron chi connectivity index (χ0n) is 9.46. The number of allylic oxidation sites excluding steroid dienone is 1. The number of hydrogen-bond donors (Lipinski definition) is 1. The maximum atomic E-state index is 11.8. The van der Waals surface area contributed by atoms with Gasteiger partial charge in [-0.1, -0.05) is 6.08 Å². The van der Waals surface area contributed by atoms with Crippen molar-refractivity contribution in [3.8, 4) is 0 Å². The van der Waals surface area contributed by atoms with E-state index in [9.17, 15) is 4.79 Å². The maximum absolute atomic E-state index is 11.8. The highest BCUT2D eigenvalue weighted by Crippen LogP contribution is 2.23. The summed E-state index contributed by atoms with van der Waals surface area (Å²) < 4.78 is 0. The molecule has 0 fully saturated rings. The molecule has 0 saturated heterocycles. The first-order chi connectivity index (χ1) is 7.81. The van der Waals surface area contributed by atoms with E-state index < -0.39 is 0 Å². The first-order valence-electron chi connectivity index (χ1n) is 5.82. The lowest BCUT2D eigenvalue weighted by atomic mass is 9.98. The van der Waals surface area contributed by atoms with Gasteiger partial charge in [0.05, 0.1) is 0 Å². The van der Waals surface area contributed by atoms with E-state index in [0.717, 1.165) is 31.4 Å². The average Bonchev–Trinajstić information content (AvgIpc) is 2.35. The molecule has 16 heavy (non-hydrogen) atoms. The molecular weight excluding hydrogens is 198 g/mol. The second kappa shape index (κ2) is 4.97. The average molecular weight is 215 g/mol. The summed E-state index contributed by atoms with van der Waals surface area (Å²) in [5.74, 6) is 0.216. The van der Waals surface area contributed by atoms with Crippen molar-refractivity contribution >= 4 is 11.5 Å². The molecule has 0 atom stereocenters. The van der Waals surface area contributed by atoms with Gasteiger partial charge in [0.25, 0.3) is 0 Å². The van der Waals surface area contributed by atoms with Crippen molar-refractivity contribution in [2.75, 3.05) is 11.9 Å². The summed E-state index contributed by atoms with van der Waals surface area (Å²) in [4.78, 5) is 11.8. The molecule has 1 aromatic carbocycles. The Balaban J connectivity index is 2.16. The normalized spacial score (nSPS) is 13.8. The Morgan fingerprint density at radius 2 is 2.38 bits per heavy atom. The van der Waals surface area contributed by atoms with Crippen LogP contribution in [-0.2, 0) is 6.42 Å². The number of ketones is 1. The predicted molar refractivity (Wildman–Crippen MR) is 67.0 cm³/mol. The van der Waals surface area contributed by atoms with E-state index in [4.69, 9.17) is 0 Å². The van der Waals surface area contributed by atoms with Crippen molar-refractivity contribution < 1.29 is 4.79 Å². The van der Waals surface area contributed by atoms with Gasteiger partial charge in [-0.05, 0) is 43.0 Å². The Hall–Kier alpha value is -1.57. The van der Waals surface area contributed by atoms with E-state index in [1.54, 1.807) is 6.08 Å². The van der Waals surface area contributed by atoms with Gasteiger partial charge in [0, 0.05) is 24.2 Å². The molecule has 0 spiro atoms. The zero-order chi connectivity index (χ0) is 11.4. The van der Waals surface area contributed by atoms with Gasteiger partial charge < -0.3 is 5.32 Å². The van der Waals surface area contributed by atoms with Crippen LogP contribution in [0.2, 0.25) is 0 Å². The SMILES string of the molecule is C=CCCC(=O)c1ccc2c(c1)CCCN2. The van der Waals surface area contributed by atoms with E-state index in [-0.39, 0.29) is 5.78 Å². The van der Waals surface area contributed by atoms with Crippen LogP contribution >= 0.6 is 0 Å². The molecule has 0 amide bonds. The van der Waals surface area contributed by atoms with Crippen molar-refractivity contribution in [2.24, 2.45) is 0 Å². The van der Waals surface area contributed by atoms with Crippen molar-refractivity contribution in [1.29, 1.82) is 0 Å². The van der Waals surface area contributed by atoms with Crippen molar-refractivity contribution in [1.82, 2.24) is 0 Å². The fraction of sp³-hybridized carbons (Fsp3) is 0.357.